The molecule has 4 nitrogen and oxygen atoms in total. The van der Waals surface area contributed by atoms with Crippen molar-refractivity contribution in [2.45, 2.75) is 38.0 Å². The van der Waals surface area contributed by atoms with E-state index < -0.39 is 0 Å². The van der Waals surface area contributed by atoms with Gasteiger partial charge < -0.3 is 10.6 Å². The van der Waals surface area contributed by atoms with Gasteiger partial charge >= 0.3 is 0 Å². The van der Waals surface area contributed by atoms with Gasteiger partial charge in [0.05, 0.1) is 5.75 Å². The van der Waals surface area contributed by atoms with E-state index in [1.54, 1.807) is 12.1 Å². The molecule has 0 spiro atoms. The first-order chi connectivity index (χ1) is 12.5. The zero-order chi connectivity index (χ0) is 18.9. The van der Waals surface area contributed by atoms with Gasteiger partial charge in [-0.25, -0.2) is 0 Å². The first-order valence-electron chi connectivity index (χ1n) is 8.56. The Morgan fingerprint density at radius 3 is 2.65 bits per heavy atom. The highest BCUT2D eigenvalue weighted by Gasteiger charge is 2.08. The van der Waals surface area contributed by atoms with Crippen molar-refractivity contribution in [2.75, 3.05) is 16.4 Å². The largest absolute Gasteiger partial charge is 0.326 e. The van der Waals surface area contributed by atoms with Crippen LogP contribution in [0.25, 0.3) is 0 Å². The Kier molecular flexibility index (Phi) is 8.01. The highest BCUT2D eigenvalue weighted by Crippen LogP contribution is 2.24. The molecule has 2 aromatic rings. The molecule has 26 heavy (non-hydrogen) atoms. The van der Waals surface area contributed by atoms with Crippen molar-refractivity contribution in [3.63, 3.8) is 0 Å². The fourth-order valence-corrected chi connectivity index (χ4v) is 3.22. The number of rotatable bonds is 8. The molecule has 138 valence electrons. The van der Waals surface area contributed by atoms with Gasteiger partial charge in [0.25, 0.3) is 0 Å². The summed E-state index contributed by atoms with van der Waals surface area (Å²) in [4.78, 5) is 24.9. The maximum absolute atomic E-state index is 12.2. The molecule has 0 saturated carbocycles. The minimum Gasteiger partial charge on any atom is -0.326 e. The standard InChI is InChI=1S/C20H23ClN2O2S/c1-3-4-8-19(24)22-16-6-5-7-17(12-16)26-13-20(25)23-18-11-15(21)10-9-14(18)2/h5-7,9-12H,3-4,8,13H2,1-2H3,(H,22,24)(H,23,25). The van der Waals surface area contributed by atoms with Crippen LogP contribution in [-0.4, -0.2) is 17.6 Å². The third kappa shape index (κ3) is 6.73. The summed E-state index contributed by atoms with van der Waals surface area (Å²) in [6.45, 7) is 3.98. The molecular weight excluding hydrogens is 368 g/mol. The molecule has 0 radical (unpaired) electrons. The molecule has 0 heterocycles. The summed E-state index contributed by atoms with van der Waals surface area (Å²) in [5.41, 5.74) is 2.44. The number of nitrogens with one attached hydrogen (secondary N) is 2. The van der Waals surface area contributed by atoms with E-state index in [4.69, 9.17) is 11.6 Å². The number of hydrogen-bond acceptors (Lipinski definition) is 3. The fraction of sp³-hybridized carbons (Fsp3) is 0.300. The molecule has 0 aliphatic heterocycles. The Labute approximate surface area is 163 Å². The van der Waals surface area contributed by atoms with Gasteiger partial charge in [0.1, 0.15) is 0 Å². The maximum Gasteiger partial charge on any atom is 0.234 e. The van der Waals surface area contributed by atoms with Gasteiger partial charge in [0.15, 0.2) is 0 Å². The molecule has 0 atom stereocenters. The topological polar surface area (TPSA) is 58.2 Å². The summed E-state index contributed by atoms with van der Waals surface area (Å²) >= 11 is 7.39. The lowest BCUT2D eigenvalue weighted by Gasteiger charge is -2.09. The van der Waals surface area contributed by atoms with Crippen LogP contribution in [-0.2, 0) is 9.59 Å². The Morgan fingerprint density at radius 2 is 1.88 bits per heavy atom. The van der Waals surface area contributed by atoms with Crippen LogP contribution in [0.5, 0.6) is 0 Å². The second kappa shape index (κ2) is 10.2. The van der Waals surface area contributed by atoms with Crippen molar-refractivity contribution in [1.29, 1.82) is 0 Å². The minimum atomic E-state index is -0.0993. The van der Waals surface area contributed by atoms with Crippen molar-refractivity contribution in [2.24, 2.45) is 0 Å². The molecule has 0 saturated heterocycles. The van der Waals surface area contributed by atoms with E-state index in [1.807, 2.05) is 37.3 Å². The Balaban J connectivity index is 1.88. The Morgan fingerprint density at radius 1 is 1.08 bits per heavy atom. The number of thioether (sulfide) groups is 1. The van der Waals surface area contributed by atoms with E-state index in [1.165, 1.54) is 11.8 Å². The molecule has 6 heteroatoms. The average molecular weight is 391 g/mol. The summed E-state index contributed by atoms with van der Waals surface area (Å²) in [6.07, 6.45) is 2.39. The normalized spacial score (nSPS) is 10.4. The number of halogens is 1. The van der Waals surface area contributed by atoms with E-state index in [-0.39, 0.29) is 17.6 Å². The van der Waals surface area contributed by atoms with Crippen LogP contribution < -0.4 is 10.6 Å². The van der Waals surface area contributed by atoms with Gasteiger partial charge in [-0.2, -0.15) is 0 Å². The van der Waals surface area contributed by atoms with Crippen LogP contribution in [0.4, 0.5) is 11.4 Å². The highest BCUT2D eigenvalue weighted by molar-refractivity contribution is 8.00. The summed E-state index contributed by atoms with van der Waals surface area (Å²) in [5, 5.41) is 6.36. The number of anilines is 2. The quantitative estimate of drug-likeness (QED) is 0.584. The fourth-order valence-electron chi connectivity index (χ4n) is 2.29. The zero-order valence-corrected chi connectivity index (χ0v) is 16.5. The molecule has 0 aromatic heterocycles. The van der Waals surface area contributed by atoms with Crippen LogP contribution in [0.1, 0.15) is 31.7 Å². The average Bonchev–Trinajstić information content (AvgIpc) is 2.61. The van der Waals surface area contributed by atoms with Crippen molar-refractivity contribution in [1.82, 2.24) is 0 Å². The van der Waals surface area contributed by atoms with Crippen LogP contribution in [0.2, 0.25) is 5.02 Å². The van der Waals surface area contributed by atoms with Crippen LogP contribution in [0, 0.1) is 6.92 Å². The predicted molar refractivity (Wildman–Crippen MR) is 110 cm³/mol. The molecule has 2 amide bonds. The van der Waals surface area contributed by atoms with E-state index in [0.717, 1.165) is 34.7 Å². The van der Waals surface area contributed by atoms with Gasteiger partial charge in [-0.3, -0.25) is 9.59 Å². The Bertz CT molecular complexity index is 780. The van der Waals surface area contributed by atoms with Crippen molar-refractivity contribution in [3.05, 3.63) is 53.1 Å². The molecule has 0 unspecified atom stereocenters. The van der Waals surface area contributed by atoms with E-state index in [9.17, 15) is 9.59 Å². The number of benzene rings is 2. The Hall–Kier alpha value is -1.98. The summed E-state index contributed by atoms with van der Waals surface area (Å²) in [7, 11) is 0. The number of hydrogen-bond donors (Lipinski definition) is 2. The predicted octanol–water partition coefficient (Wildman–Crippen LogP) is 5.51. The molecule has 0 fully saturated rings. The third-order valence-corrected chi connectivity index (χ3v) is 4.95. The number of unbranched alkanes of at least 4 members (excludes halogenated alkanes) is 1. The summed E-state index contributed by atoms with van der Waals surface area (Å²) in [5.74, 6) is 0.194. The monoisotopic (exact) mass is 390 g/mol. The lowest BCUT2D eigenvalue weighted by Crippen LogP contribution is -2.15. The number of carbonyl (C=O) groups excluding carboxylic acids is 2. The lowest BCUT2D eigenvalue weighted by atomic mass is 10.2. The minimum absolute atomic E-state index is 0.0168. The van der Waals surface area contributed by atoms with Crippen LogP contribution in [0.3, 0.4) is 0 Å². The highest BCUT2D eigenvalue weighted by atomic mass is 35.5. The second-order valence-electron chi connectivity index (χ2n) is 5.98. The van der Waals surface area contributed by atoms with Crippen molar-refractivity contribution >= 4 is 46.6 Å². The molecule has 0 aliphatic rings. The summed E-state index contributed by atoms with van der Waals surface area (Å²) < 4.78 is 0. The van der Waals surface area contributed by atoms with Gasteiger partial charge in [0, 0.05) is 27.7 Å². The maximum atomic E-state index is 12.2. The SMILES string of the molecule is CCCCC(=O)Nc1cccc(SCC(=O)Nc2cc(Cl)ccc2C)c1. The smallest absolute Gasteiger partial charge is 0.234 e. The van der Waals surface area contributed by atoms with Gasteiger partial charge in [-0.15, -0.1) is 11.8 Å². The lowest BCUT2D eigenvalue weighted by molar-refractivity contribution is -0.116. The third-order valence-electron chi connectivity index (χ3n) is 3.72. The van der Waals surface area contributed by atoms with Crippen LogP contribution >= 0.6 is 23.4 Å². The van der Waals surface area contributed by atoms with E-state index in [0.29, 0.717) is 11.4 Å². The molecular formula is C20H23ClN2O2S. The molecule has 2 N–H and O–H groups in total. The number of amides is 2. The number of carbonyl (C=O) groups is 2. The first-order valence-corrected chi connectivity index (χ1v) is 9.93. The van der Waals surface area contributed by atoms with Crippen molar-refractivity contribution in [3.8, 4) is 0 Å². The first kappa shape index (κ1) is 20.3. The van der Waals surface area contributed by atoms with Crippen molar-refractivity contribution < 1.29 is 9.59 Å². The summed E-state index contributed by atoms with van der Waals surface area (Å²) in [6, 6.07) is 12.9. The second-order valence-corrected chi connectivity index (χ2v) is 7.46. The molecule has 2 aromatic carbocycles. The van der Waals surface area contributed by atoms with Gasteiger partial charge in [-0.1, -0.05) is 37.1 Å². The zero-order valence-electron chi connectivity index (χ0n) is 15.0. The van der Waals surface area contributed by atoms with E-state index >= 15 is 0 Å². The number of aryl methyl sites for hydroxylation is 1. The van der Waals surface area contributed by atoms with Crippen LogP contribution in [0.15, 0.2) is 47.4 Å². The van der Waals surface area contributed by atoms with Gasteiger partial charge in [0.2, 0.25) is 11.8 Å². The molecule has 2 rings (SSSR count). The van der Waals surface area contributed by atoms with Gasteiger partial charge in [-0.05, 0) is 49.2 Å². The molecule has 0 aliphatic carbocycles. The molecule has 0 bridgehead atoms. The van der Waals surface area contributed by atoms with E-state index in [2.05, 4.69) is 17.6 Å².